The predicted molar refractivity (Wildman–Crippen MR) is 83.9 cm³/mol. The van der Waals surface area contributed by atoms with Crippen molar-refractivity contribution >= 4 is 11.9 Å². The number of carbonyl (C=O) groups is 2. The minimum Gasteiger partial charge on any atom is -0.469 e. The largest absolute Gasteiger partial charge is 0.469 e. The SMILES string of the molecule is CCCCC1CCC(C(=O)N(C)CCCC(=O)OC)CC1. The van der Waals surface area contributed by atoms with Gasteiger partial charge in [-0.2, -0.15) is 0 Å². The van der Waals surface area contributed by atoms with Crippen molar-refractivity contribution in [3.8, 4) is 0 Å². The standard InChI is InChI=1S/C17H31NO3/c1-4-5-7-14-9-11-15(12-10-14)17(20)18(2)13-6-8-16(19)21-3/h14-15H,4-13H2,1-3H3. The van der Waals surface area contributed by atoms with Crippen LogP contribution in [0.3, 0.4) is 0 Å². The molecule has 4 nitrogen and oxygen atoms in total. The molecule has 1 amide bonds. The molecule has 0 aromatic heterocycles. The Morgan fingerprint density at radius 1 is 1.14 bits per heavy atom. The van der Waals surface area contributed by atoms with Gasteiger partial charge in [0.05, 0.1) is 7.11 Å². The van der Waals surface area contributed by atoms with Crippen molar-refractivity contribution in [1.29, 1.82) is 0 Å². The van der Waals surface area contributed by atoms with Gasteiger partial charge >= 0.3 is 5.97 Å². The monoisotopic (exact) mass is 297 g/mol. The molecule has 0 N–H and O–H groups in total. The molecule has 0 radical (unpaired) electrons. The van der Waals surface area contributed by atoms with E-state index < -0.39 is 0 Å². The van der Waals surface area contributed by atoms with Gasteiger partial charge in [-0.3, -0.25) is 9.59 Å². The average molecular weight is 297 g/mol. The molecule has 0 saturated heterocycles. The molecule has 0 heterocycles. The van der Waals surface area contributed by atoms with Crippen molar-refractivity contribution in [2.24, 2.45) is 11.8 Å². The van der Waals surface area contributed by atoms with Crippen LogP contribution in [0.2, 0.25) is 0 Å². The third kappa shape index (κ3) is 6.49. The van der Waals surface area contributed by atoms with E-state index in [0.717, 1.165) is 18.8 Å². The Hall–Kier alpha value is -1.06. The zero-order valence-corrected chi connectivity index (χ0v) is 13.9. The number of carbonyl (C=O) groups excluding carboxylic acids is 2. The molecule has 1 rings (SSSR count). The van der Waals surface area contributed by atoms with E-state index in [9.17, 15) is 9.59 Å². The van der Waals surface area contributed by atoms with Crippen molar-refractivity contribution in [3.05, 3.63) is 0 Å². The lowest BCUT2D eigenvalue weighted by Gasteiger charge is -2.30. The van der Waals surface area contributed by atoms with Gasteiger partial charge in [0.2, 0.25) is 5.91 Å². The number of hydrogen-bond donors (Lipinski definition) is 0. The van der Waals surface area contributed by atoms with Crippen LogP contribution in [-0.4, -0.2) is 37.5 Å². The van der Waals surface area contributed by atoms with E-state index in [1.807, 2.05) is 7.05 Å². The van der Waals surface area contributed by atoms with Crippen LogP contribution in [0.25, 0.3) is 0 Å². The maximum absolute atomic E-state index is 12.4. The normalized spacial score (nSPS) is 21.9. The van der Waals surface area contributed by atoms with Crippen LogP contribution >= 0.6 is 0 Å². The highest BCUT2D eigenvalue weighted by molar-refractivity contribution is 5.78. The number of esters is 1. The zero-order valence-electron chi connectivity index (χ0n) is 13.9. The Morgan fingerprint density at radius 2 is 1.81 bits per heavy atom. The molecule has 21 heavy (non-hydrogen) atoms. The van der Waals surface area contributed by atoms with Gasteiger partial charge in [-0.05, 0) is 38.0 Å². The van der Waals surface area contributed by atoms with Gasteiger partial charge < -0.3 is 9.64 Å². The Balaban J connectivity index is 2.24. The van der Waals surface area contributed by atoms with Crippen LogP contribution in [0.5, 0.6) is 0 Å². The Labute approximate surface area is 129 Å². The summed E-state index contributed by atoms with van der Waals surface area (Å²) in [6.45, 7) is 2.88. The molecule has 0 atom stereocenters. The van der Waals surface area contributed by atoms with Gasteiger partial charge in [0.15, 0.2) is 0 Å². The van der Waals surface area contributed by atoms with Crippen LogP contribution in [0.4, 0.5) is 0 Å². The number of rotatable bonds is 8. The lowest BCUT2D eigenvalue weighted by Crippen LogP contribution is -2.35. The summed E-state index contributed by atoms with van der Waals surface area (Å²) in [5.41, 5.74) is 0. The summed E-state index contributed by atoms with van der Waals surface area (Å²) in [6, 6.07) is 0. The van der Waals surface area contributed by atoms with Gasteiger partial charge in [0, 0.05) is 25.9 Å². The van der Waals surface area contributed by atoms with Gasteiger partial charge in [-0.15, -0.1) is 0 Å². The summed E-state index contributed by atoms with van der Waals surface area (Å²) in [5.74, 6) is 1.09. The van der Waals surface area contributed by atoms with E-state index in [0.29, 0.717) is 19.4 Å². The van der Waals surface area contributed by atoms with Crippen molar-refractivity contribution < 1.29 is 14.3 Å². The Bertz CT molecular complexity index is 322. The third-order valence-corrected chi connectivity index (χ3v) is 4.64. The van der Waals surface area contributed by atoms with Gasteiger partial charge in [-0.25, -0.2) is 0 Å². The van der Waals surface area contributed by atoms with Crippen LogP contribution in [-0.2, 0) is 14.3 Å². The van der Waals surface area contributed by atoms with E-state index in [1.54, 1.807) is 4.90 Å². The van der Waals surface area contributed by atoms with Gasteiger partial charge in [0.1, 0.15) is 0 Å². The lowest BCUT2D eigenvalue weighted by molar-refractivity contribution is -0.141. The molecule has 1 fully saturated rings. The molecule has 0 aromatic rings. The van der Waals surface area contributed by atoms with E-state index in [1.165, 1.54) is 39.2 Å². The summed E-state index contributed by atoms with van der Waals surface area (Å²) in [4.78, 5) is 25.2. The maximum Gasteiger partial charge on any atom is 0.305 e. The summed E-state index contributed by atoms with van der Waals surface area (Å²) in [6.07, 6.45) is 9.45. The summed E-state index contributed by atoms with van der Waals surface area (Å²) >= 11 is 0. The molecule has 0 unspecified atom stereocenters. The topological polar surface area (TPSA) is 46.6 Å². The highest BCUT2D eigenvalue weighted by atomic mass is 16.5. The van der Waals surface area contributed by atoms with Crippen molar-refractivity contribution in [2.75, 3.05) is 20.7 Å². The fraction of sp³-hybridized carbons (Fsp3) is 0.882. The van der Waals surface area contributed by atoms with E-state index in [4.69, 9.17) is 0 Å². The van der Waals surface area contributed by atoms with Crippen LogP contribution in [0, 0.1) is 11.8 Å². The van der Waals surface area contributed by atoms with E-state index in [2.05, 4.69) is 11.7 Å². The lowest BCUT2D eigenvalue weighted by atomic mass is 9.79. The van der Waals surface area contributed by atoms with Gasteiger partial charge in [-0.1, -0.05) is 26.2 Å². The molecule has 0 spiro atoms. The molecular formula is C17H31NO3. The Morgan fingerprint density at radius 3 is 2.38 bits per heavy atom. The first kappa shape index (κ1) is 18.0. The van der Waals surface area contributed by atoms with Crippen LogP contribution in [0.15, 0.2) is 0 Å². The first-order valence-corrected chi connectivity index (χ1v) is 8.40. The first-order chi connectivity index (χ1) is 10.1. The number of ether oxygens (including phenoxy) is 1. The van der Waals surface area contributed by atoms with Crippen LogP contribution < -0.4 is 0 Å². The minimum absolute atomic E-state index is 0.200. The first-order valence-electron chi connectivity index (χ1n) is 8.40. The molecular weight excluding hydrogens is 266 g/mol. The fourth-order valence-electron chi connectivity index (χ4n) is 3.18. The molecule has 0 aliphatic heterocycles. The zero-order chi connectivity index (χ0) is 15.7. The number of amides is 1. The fourth-order valence-corrected chi connectivity index (χ4v) is 3.18. The number of unbranched alkanes of at least 4 members (excludes halogenated alkanes) is 1. The Kier molecular flexibility index (Phi) is 8.40. The van der Waals surface area contributed by atoms with E-state index >= 15 is 0 Å². The van der Waals surface area contributed by atoms with Crippen LogP contribution in [0.1, 0.15) is 64.7 Å². The molecule has 1 aliphatic rings. The van der Waals surface area contributed by atoms with Crippen molar-refractivity contribution in [2.45, 2.75) is 64.7 Å². The van der Waals surface area contributed by atoms with Crippen molar-refractivity contribution in [3.63, 3.8) is 0 Å². The number of nitrogens with zero attached hydrogens (tertiary/aromatic N) is 1. The molecule has 0 aromatic carbocycles. The highest BCUT2D eigenvalue weighted by Crippen LogP contribution is 2.32. The van der Waals surface area contributed by atoms with E-state index in [-0.39, 0.29) is 17.8 Å². The number of hydrogen-bond acceptors (Lipinski definition) is 3. The molecule has 1 aliphatic carbocycles. The molecule has 0 bridgehead atoms. The number of methoxy groups -OCH3 is 1. The molecule has 4 heteroatoms. The molecule has 1 saturated carbocycles. The smallest absolute Gasteiger partial charge is 0.305 e. The predicted octanol–water partition coefficient (Wildman–Crippen LogP) is 3.39. The minimum atomic E-state index is -0.202. The summed E-state index contributed by atoms with van der Waals surface area (Å²) in [5, 5.41) is 0. The molecule has 122 valence electrons. The summed E-state index contributed by atoms with van der Waals surface area (Å²) in [7, 11) is 3.25. The average Bonchev–Trinajstić information content (AvgIpc) is 2.52. The van der Waals surface area contributed by atoms with Crippen molar-refractivity contribution in [1.82, 2.24) is 4.90 Å². The highest BCUT2D eigenvalue weighted by Gasteiger charge is 2.27. The second kappa shape index (κ2) is 9.80. The second-order valence-electron chi connectivity index (χ2n) is 6.30. The quantitative estimate of drug-likeness (QED) is 0.645. The summed E-state index contributed by atoms with van der Waals surface area (Å²) < 4.78 is 4.61. The maximum atomic E-state index is 12.4. The third-order valence-electron chi connectivity index (χ3n) is 4.64. The second-order valence-corrected chi connectivity index (χ2v) is 6.30. The van der Waals surface area contributed by atoms with Gasteiger partial charge in [0.25, 0.3) is 0 Å².